The fourth-order valence-corrected chi connectivity index (χ4v) is 5.00. The summed E-state index contributed by atoms with van der Waals surface area (Å²) in [5.74, 6) is 0.421. The standard InChI is InChI=1S/C33H52NO3/c1-6-8-9-10-11-12-13-14-16-20-29-23-19-24-32(25-29)36-28(3)37-33(35)31(7-2)27-34(4,5)26-30-21-17-15-18-22-30/h15,17-19,21-25,28,31H,6-14,16,20,26-27H2,1-5H3/q+1. The molecular weight excluding hydrogens is 458 g/mol. The molecular formula is C33H52NO3+. The molecule has 2 atom stereocenters. The molecule has 0 saturated heterocycles. The molecule has 0 aliphatic carbocycles. The highest BCUT2D eigenvalue weighted by Gasteiger charge is 2.29. The second kappa shape index (κ2) is 17.2. The van der Waals surface area contributed by atoms with Crippen molar-refractivity contribution in [3.8, 4) is 5.75 Å². The molecule has 206 valence electrons. The van der Waals surface area contributed by atoms with Crippen molar-refractivity contribution in [3.63, 3.8) is 0 Å². The average molecular weight is 511 g/mol. The Balaban J connectivity index is 1.74. The normalized spacial score (nSPS) is 13.2. The van der Waals surface area contributed by atoms with Crippen LogP contribution in [0.2, 0.25) is 0 Å². The Bertz CT molecular complexity index is 880. The molecule has 2 aromatic rings. The summed E-state index contributed by atoms with van der Waals surface area (Å²) in [6, 6.07) is 18.7. The van der Waals surface area contributed by atoms with E-state index in [4.69, 9.17) is 9.47 Å². The van der Waals surface area contributed by atoms with E-state index >= 15 is 0 Å². The third-order valence-electron chi connectivity index (χ3n) is 7.05. The Hall–Kier alpha value is -2.33. The van der Waals surface area contributed by atoms with Crippen LogP contribution in [0.5, 0.6) is 5.75 Å². The van der Waals surface area contributed by atoms with Gasteiger partial charge < -0.3 is 14.0 Å². The molecule has 0 amide bonds. The zero-order chi connectivity index (χ0) is 26.9. The van der Waals surface area contributed by atoms with Crippen LogP contribution < -0.4 is 4.74 Å². The maximum atomic E-state index is 13.0. The fourth-order valence-electron chi connectivity index (χ4n) is 5.00. The summed E-state index contributed by atoms with van der Waals surface area (Å²) in [6.45, 7) is 7.73. The van der Waals surface area contributed by atoms with E-state index in [0.717, 1.165) is 36.2 Å². The lowest BCUT2D eigenvalue weighted by atomic mass is 10.0. The zero-order valence-electron chi connectivity index (χ0n) is 24.2. The van der Waals surface area contributed by atoms with E-state index in [1.807, 2.05) is 25.1 Å². The van der Waals surface area contributed by atoms with Gasteiger partial charge in [-0.2, -0.15) is 0 Å². The van der Waals surface area contributed by atoms with Crippen molar-refractivity contribution >= 4 is 5.97 Å². The highest BCUT2D eigenvalue weighted by atomic mass is 16.7. The van der Waals surface area contributed by atoms with E-state index < -0.39 is 6.29 Å². The predicted molar refractivity (Wildman–Crippen MR) is 154 cm³/mol. The van der Waals surface area contributed by atoms with E-state index in [-0.39, 0.29) is 11.9 Å². The summed E-state index contributed by atoms with van der Waals surface area (Å²) in [4.78, 5) is 13.0. The van der Waals surface area contributed by atoms with Gasteiger partial charge in [-0.25, -0.2) is 0 Å². The van der Waals surface area contributed by atoms with E-state index in [1.54, 1.807) is 0 Å². The number of hydrogen-bond donors (Lipinski definition) is 0. The molecule has 0 radical (unpaired) electrons. The Morgan fingerprint density at radius 3 is 2.08 bits per heavy atom. The Morgan fingerprint density at radius 2 is 1.43 bits per heavy atom. The van der Waals surface area contributed by atoms with E-state index in [9.17, 15) is 4.79 Å². The van der Waals surface area contributed by atoms with Gasteiger partial charge in [0.25, 0.3) is 0 Å². The molecule has 37 heavy (non-hydrogen) atoms. The predicted octanol–water partition coefficient (Wildman–Crippen LogP) is 8.33. The smallest absolute Gasteiger partial charge is 0.317 e. The number of carbonyl (C=O) groups excluding carboxylic acids is 1. The van der Waals surface area contributed by atoms with Gasteiger partial charge in [-0.15, -0.1) is 0 Å². The molecule has 0 spiro atoms. The van der Waals surface area contributed by atoms with Gasteiger partial charge in [0.05, 0.1) is 20.6 Å². The van der Waals surface area contributed by atoms with Crippen LogP contribution in [-0.2, 0) is 22.5 Å². The minimum absolute atomic E-state index is 0.164. The van der Waals surface area contributed by atoms with E-state index in [0.29, 0.717) is 0 Å². The topological polar surface area (TPSA) is 35.5 Å². The molecule has 0 aromatic heterocycles. The quantitative estimate of drug-likeness (QED) is 0.0824. The Morgan fingerprint density at radius 1 is 0.811 bits per heavy atom. The van der Waals surface area contributed by atoms with Gasteiger partial charge in [0.2, 0.25) is 6.29 Å². The van der Waals surface area contributed by atoms with Crippen LogP contribution in [0, 0.1) is 5.92 Å². The monoisotopic (exact) mass is 510 g/mol. The first kappa shape index (κ1) is 30.9. The minimum atomic E-state index is -0.616. The number of esters is 1. The van der Waals surface area contributed by atoms with Crippen molar-refractivity contribution in [1.82, 2.24) is 0 Å². The number of unbranched alkanes of at least 4 members (excludes halogenated alkanes) is 8. The first-order valence-corrected chi connectivity index (χ1v) is 14.6. The lowest BCUT2D eigenvalue weighted by Gasteiger charge is -2.33. The summed E-state index contributed by atoms with van der Waals surface area (Å²) < 4.78 is 12.5. The van der Waals surface area contributed by atoms with Gasteiger partial charge in [0, 0.05) is 12.5 Å². The molecule has 2 unspecified atom stereocenters. The molecule has 0 heterocycles. The number of ether oxygens (including phenoxy) is 2. The van der Waals surface area contributed by atoms with Crippen molar-refractivity contribution in [3.05, 3.63) is 65.7 Å². The molecule has 0 aliphatic heterocycles. The van der Waals surface area contributed by atoms with Gasteiger partial charge in [0.1, 0.15) is 18.2 Å². The fraction of sp³-hybridized carbons (Fsp3) is 0.606. The maximum Gasteiger partial charge on any atom is 0.317 e. The molecule has 0 aliphatic rings. The summed E-state index contributed by atoms with van der Waals surface area (Å²) in [5, 5.41) is 0. The minimum Gasteiger partial charge on any atom is -0.455 e. The van der Waals surface area contributed by atoms with Crippen LogP contribution in [0.25, 0.3) is 0 Å². The Labute approximate surface area is 227 Å². The summed E-state index contributed by atoms with van der Waals surface area (Å²) in [6.07, 6.45) is 13.2. The highest BCUT2D eigenvalue weighted by molar-refractivity contribution is 5.72. The molecule has 2 aromatic carbocycles. The molecule has 4 nitrogen and oxygen atoms in total. The second-order valence-electron chi connectivity index (χ2n) is 11.2. The van der Waals surface area contributed by atoms with Crippen molar-refractivity contribution < 1.29 is 18.8 Å². The van der Waals surface area contributed by atoms with E-state index in [1.165, 1.54) is 68.9 Å². The van der Waals surface area contributed by atoms with Crippen LogP contribution in [0.1, 0.15) is 96.1 Å². The molecule has 0 saturated carbocycles. The van der Waals surface area contributed by atoms with Crippen molar-refractivity contribution in [2.75, 3.05) is 20.6 Å². The largest absolute Gasteiger partial charge is 0.455 e. The lowest BCUT2D eigenvalue weighted by molar-refractivity contribution is -0.906. The third kappa shape index (κ3) is 13.2. The van der Waals surface area contributed by atoms with Gasteiger partial charge in [-0.1, -0.05) is 108 Å². The Kier molecular flexibility index (Phi) is 14.4. The van der Waals surface area contributed by atoms with Crippen LogP contribution in [0.4, 0.5) is 0 Å². The molecule has 0 fully saturated rings. The van der Waals surface area contributed by atoms with Crippen LogP contribution in [0.15, 0.2) is 54.6 Å². The van der Waals surface area contributed by atoms with Crippen LogP contribution >= 0.6 is 0 Å². The van der Waals surface area contributed by atoms with Crippen molar-refractivity contribution in [2.45, 2.75) is 104 Å². The average Bonchev–Trinajstić information content (AvgIpc) is 2.86. The number of hydrogen-bond acceptors (Lipinski definition) is 3. The number of aryl methyl sites for hydroxylation is 1. The molecule has 0 bridgehead atoms. The van der Waals surface area contributed by atoms with Crippen LogP contribution in [0.3, 0.4) is 0 Å². The summed E-state index contributed by atoms with van der Waals surface area (Å²) in [5.41, 5.74) is 2.56. The maximum absolute atomic E-state index is 13.0. The summed E-state index contributed by atoms with van der Waals surface area (Å²) in [7, 11) is 4.34. The number of nitrogens with zero attached hydrogens (tertiary/aromatic N) is 1. The van der Waals surface area contributed by atoms with Gasteiger partial charge >= 0.3 is 5.97 Å². The number of quaternary nitrogens is 1. The van der Waals surface area contributed by atoms with Gasteiger partial charge in [-0.05, 0) is 37.0 Å². The van der Waals surface area contributed by atoms with Crippen molar-refractivity contribution in [1.29, 1.82) is 0 Å². The summed E-state index contributed by atoms with van der Waals surface area (Å²) >= 11 is 0. The lowest BCUT2D eigenvalue weighted by Crippen LogP contribution is -2.45. The van der Waals surface area contributed by atoms with E-state index in [2.05, 4.69) is 64.3 Å². The third-order valence-corrected chi connectivity index (χ3v) is 7.05. The zero-order valence-corrected chi connectivity index (χ0v) is 24.2. The number of benzene rings is 2. The second-order valence-corrected chi connectivity index (χ2v) is 11.2. The first-order chi connectivity index (χ1) is 17.8. The molecule has 4 heteroatoms. The van der Waals surface area contributed by atoms with Gasteiger partial charge in [0.15, 0.2) is 0 Å². The van der Waals surface area contributed by atoms with Gasteiger partial charge in [-0.3, -0.25) is 4.79 Å². The number of carbonyl (C=O) groups is 1. The molecule has 2 rings (SSSR count). The first-order valence-electron chi connectivity index (χ1n) is 14.6. The molecule has 0 N–H and O–H groups in total. The number of rotatable bonds is 19. The SMILES string of the molecule is CCCCCCCCCCCc1cccc(OC(C)OC(=O)C(CC)C[N+](C)(C)Cc2ccccc2)c1. The highest BCUT2D eigenvalue weighted by Crippen LogP contribution is 2.20. The van der Waals surface area contributed by atoms with Crippen LogP contribution in [-0.4, -0.2) is 37.4 Å². The van der Waals surface area contributed by atoms with Crippen molar-refractivity contribution in [2.24, 2.45) is 5.92 Å².